The highest BCUT2D eigenvalue weighted by Gasteiger charge is 2.19. The number of amides is 2. The summed E-state index contributed by atoms with van der Waals surface area (Å²) >= 11 is 0. The number of aromatic nitrogens is 2. The van der Waals surface area contributed by atoms with Crippen LogP contribution in [0.5, 0.6) is 5.75 Å². The predicted molar refractivity (Wildman–Crippen MR) is 125 cm³/mol. The fraction of sp³-hybridized carbons (Fsp3) is 0.320. The summed E-state index contributed by atoms with van der Waals surface area (Å²) in [6, 6.07) is 15.3. The maximum Gasteiger partial charge on any atom is 0.271 e. The van der Waals surface area contributed by atoms with E-state index in [2.05, 4.69) is 41.7 Å². The molecule has 0 saturated carbocycles. The Hall–Kier alpha value is -3.61. The molecule has 0 aliphatic rings. The van der Waals surface area contributed by atoms with E-state index in [-0.39, 0.29) is 11.8 Å². The largest absolute Gasteiger partial charge is 0.489 e. The highest BCUT2D eigenvalue weighted by molar-refractivity contribution is 6.08. The first-order valence-electron chi connectivity index (χ1n) is 10.8. The maximum absolute atomic E-state index is 12.8. The number of hydrogen-bond donors (Lipinski definition) is 2. The van der Waals surface area contributed by atoms with Crippen molar-refractivity contribution in [3.63, 3.8) is 0 Å². The SMILES string of the molecule is CCCNC(=O)c1c(NC(=O)c2cccc(COc3ccc(C(C)C)cc3)c2)cnn1C. The second-order valence-corrected chi connectivity index (χ2v) is 7.95. The summed E-state index contributed by atoms with van der Waals surface area (Å²) in [6.45, 7) is 7.18. The van der Waals surface area contributed by atoms with Gasteiger partial charge in [-0.2, -0.15) is 5.10 Å². The molecule has 32 heavy (non-hydrogen) atoms. The van der Waals surface area contributed by atoms with Gasteiger partial charge >= 0.3 is 0 Å². The molecule has 0 atom stereocenters. The number of rotatable bonds is 9. The number of ether oxygens (including phenoxy) is 1. The molecule has 2 N–H and O–H groups in total. The second kappa shape index (κ2) is 10.6. The van der Waals surface area contributed by atoms with E-state index in [0.717, 1.165) is 17.7 Å². The number of hydrogen-bond acceptors (Lipinski definition) is 4. The van der Waals surface area contributed by atoms with Crippen LogP contribution in [-0.4, -0.2) is 28.1 Å². The average molecular weight is 435 g/mol. The molecule has 0 fully saturated rings. The van der Waals surface area contributed by atoms with Crippen LogP contribution in [0.3, 0.4) is 0 Å². The van der Waals surface area contributed by atoms with Crippen LogP contribution >= 0.6 is 0 Å². The second-order valence-electron chi connectivity index (χ2n) is 7.95. The third-order valence-corrected chi connectivity index (χ3v) is 5.08. The number of carbonyl (C=O) groups excluding carboxylic acids is 2. The Bertz CT molecular complexity index is 1070. The molecular formula is C25H30N4O3. The Labute approximate surface area is 188 Å². The van der Waals surface area contributed by atoms with Crippen molar-refractivity contribution < 1.29 is 14.3 Å². The van der Waals surface area contributed by atoms with Crippen LogP contribution in [0.25, 0.3) is 0 Å². The van der Waals surface area contributed by atoms with Gasteiger partial charge in [0.15, 0.2) is 0 Å². The molecule has 3 aromatic rings. The standard InChI is InChI=1S/C25H30N4O3/c1-5-13-26-25(31)23-22(15-27-29(23)4)28-24(30)20-8-6-7-18(14-20)16-32-21-11-9-19(10-12-21)17(2)3/h6-12,14-15,17H,5,13,16H2,1-4H3,(H,26,31)(H,28,30). The van der Waals surface area contributed by atoms with E-state index < -0.39 is 0 Å². The first-order valence-corrected chi connectivity index (χ1v) is 10.8. The highest BCUT2D eigenvalue weighted by Crippen LogP contribution is 2.20. The van der Waals surface area contributed by atoms with Crippen LogP contribution < -0.4 is 15.4 Å². The van der Waals surface area contributed by atoms with Gasteiger partial charge in [-0.3, -0.25) is 14.3 Å². The fourth-order valence-electron chi connectivity index (χ4n) is 3.23. The summed E-state index contributed by atoms with van der Waals surface area (Å²) in [5.74, 6) is 0.665. The summed E-state index contributed by atoms with van der Waals surface area (Å²) in [7, 11) is 1.67. The third-order valence-electron chi connectivity index (χ3n) is 5.08. The van der Waals surface area contributed by atoms with Gasteiger partial charge in [-0.05, 0) is 47.7 Å². The number of aryl methyl sites for hydroxylation is 1. The minimum atomic E-state index is -0.314. The van der Waals surface area contributed by atoms with Gasteiger partial charge < -0.3 is 15.4 Å². The summed E-state index contributed by atoms with van der Waals surface area (Å²) in [6.07, 6.45) is 2.30. The van der Waals surface area contributed by atoms with Gasteiger partial charge in [0.2, 0.25) is 0 Å². The van der Waals surface area contributed by atoms with Gasteiger partial charge in [-0.25, -0.2) is 0 Å². The van der Waals surface area contributed by atoms with Crippen LogP contribution in [-0.2, 0) is 13.7 Å². The van der Waals surface area contributed by atoms with Crippen molar-refractivity contribution in [1.82, 2.24) is 15.1 Å². The lowest BCUT2D eigenvalue weighted by Crippen LogP contribution is -2.27. The topological polar surface area (TPSA) is 85.2 Å². The Morgan fingerprint density at radius 2 is 1.84 bits per heavy atom. The molecule has 7 heteroatoms. The van der Waals surface area contributed by atoms with E-state index in [4.69, 9.17) is 4.74 Å². The van der Waals surface area contributed by atoms with E-state index in [1.165, 1.54) is 16.4 Å². The Morgan fingerprint density at radius 1 is 1.09 bits per heavy atom. The van der Waals surface area contributed by atoms with Gasteiger partial charge in [-0.15, -0.1) is 0 Å². The molecule has 1 heterocycles. The fourth-order valence-corrected chi connectivity index (χ4v) is 3.23. The average Bonchev–Trinajstić information content (AvgIpc) is 3.16. The molecule has 0 spiro atoms. The van der Waals surface area contributed by atoms with Crippen molar-refractivity contribution in [3.8, 4) is 5.75 Å². The van der Waals surface area contributed by atoms with Gasteiger partial charge in [0.05, 0.1) is 11.9 Å². The number of nitrogens with zero attached hydrogens (tertiary/aromatic N) is 2. The maximum atomic E-state index is 12.8. The normalized spacial score (nSPS) is 10.8. The summed E-state index contributed by atoms with van der Waals surface area (Å²) < 4.78 is 7.33. The third kappa shape index (κ3) is 5.75. The molecule has 7 nitrogen and oxygen atoms in total. The predicted octanol–water partition coefficient (Wildman–Crippen LogP) is 4.51. The van der Waals surface area contributed by atoms with Crippen LogP contribution in [0.15, 0.2) is 54.7 Å². The number of anilines is 1. The minimum absolute atomic E-state index is 0.271. The van der Waals surface area contributed by atoms with Crippen molar-refractivity contribution >= 4 is 17.5 Å². The van der Waals surface area contributed by atoms with Crippen LogP contribution in [0, 0.1) is 0 Å². The molecule has 168 valence electrons. The quantitative estimate of drug-likeness (QED) is 0.519. The number of benzene rings is 2. The lowest BCUT2D eigenvalue weighted by Gasteiger charge is -2.11. The van der Waals surface area contributed by atoms with Crippen LogP contribution in [0.2, 0.25) is 0 Å². The first-order chi connectivity index (χ1) is 15.4. The van der Waals surface area contributed by atoms with Gasteiger partial charge in [0.25, 0.3) is 11.8 Å². The molecule has 0 bridgehead atoms. The van der Waals surface area contributed by atoms with Crippen LogP contribution in [0.4, 0.5) is 5.69 Å². The van der Waals surface area contributed by atoms with E-state index in [9.17, 15) is 9.59 Å². The van der Waals surface area contributed by atoms with Gasteiger partial charge in [0.1, 0.15) is 18.1 Å². The van der Waals surface area contributed by atoms with Crippen molar-refractivity contribution in [2.24, 2.45) is 7.05 Å². The molecule has 3 rings (SSSR count). The Balaban J connectivity index is 1.66. The van der Waals surface area contributed by atoms with Gasteiger partial charge in [0, 0.05) is 19.2 Å². The lowest BCUT2D eigenvalue weighted by molar-refractivity contribution is 0.0945. The van der Waals surface area contributed by atoms with Crippen molar-refractivity contribution in [1.29, 1.82) is 0 Å². The molecule has 0 aliphatic carbocycles. The number of nitrogens with one attached hydrogen (secondary N) is 2. The van der Waals surface area contributed by atoms with Crippen molar-refractivity contribution in [2.45, 2.75) is 39.7 Å². The van der Waals surface area contributed by atoms with Gasteiger partial charge in [-0.1, -0.05) is 45.0 Å². The Kier molecular flexibility index (Phi) is 7.65. The molecule has 0 unspecified atom stereocenters. The van der Waals surface area contributed by atoms with E-state index in [1.54, 1.807) is 19.2 Å². The van der Waals surface area contributed by atoms with E-state index in [1.807, 2.05) is 31.2 Å². The van der Waals surface area contributed by atoms with Crippen LogP contribution in [0.1, 0.15) is 65.1 Å². The zero-order valence-corrected chi connectivity index (χ0v) is 19.0. The van der Waals surface area contributed by atoms with E-state index >= 15 is 0 Å². The summed E-state index contributed by atoms with van der Waals surface area (Å²) in [5.41, 5.74) is 3.30. The molecule has 2 aromatic carbocycles. The molecule has 0 aliphatic heterocycles. The molecule has 0 saturated heterocycles. The highest BCUT2D eigenvalue weighted by atomic mass is 16.5. The minimum Gasteiger partial charge on any atom is -0.489 e. The summed E-state index contributed by atoms with van der Waals surface area (Å²) in [5, 5.41) is 9.72. The molecule has 0 radical (unpaired) electrons. The molecule has 1 aromatic heterocycles. The summed E-state index contributed by atoms with van der Waals surface area (Å²) in [4.78, 5) is 25.2. The smallest absolute Gasteiger partial charge is 0.271 e. The lowest BCUT2D eigenvalue weighted by atomic mass is 10.0. The zero-order chi connectivity index (χ0) is 23.1. The van der Waals surface area contributed by atoms with Crippen molar-refractivity contribution in [3.05, 3.63) is 77.1 Å². The Morgan fingerprint density at radius 3 is 2.53 bits per heavy atom. The molecule has 2 amide bonds. The number of carbonyl (C=O) groups is 2. The van der Waals surface area contributed by atoms with E-state index in [0.29, 0.717) is 36.0 Å². The van der Waals surface area contributed by atoms with Crippen molar-refractivity contribution in [2.75, 3.05) is 11.9 Å². The monoisotopic (exact) mass is 434 g/mol. The zero-order valence-electron chi connectivity index (χ0n) is 19.0. The molecular weight excluding hydrogens is 404 g/mol. The first kappa shape index (κ1) is 23.1.